The highest BCUT2D eigenvalue weighted by Crippen LogP contribution is 2.33. The van der Waals surface area contributed by atoms with Crippen LogP contribution in [0, 0.1) is 0 Å². The summed E-state index contributed by atoms with van der Waals surface area (Å²) in [6.45, 7) is 8.96. The Morgan fingerprint density at radius 1 is 0.975 bits per heavy atom. The van der Waals surface area contributed by atoms with Crippen molar-refractivity contribution in [2.45, 2.75) is 44.7 Å². The van der Waals surface area contributed by atoms with Crippen LogP contribution in [0.25, 0.3) is 0 Å². The number of alkyl halides is 3. The van der Waals surface area contributed by atoms with E-state index >= 15 is 0 Å². The first-order valence-corrected chi connectivity index (χ1v) is 13.4. The van der Waals surface area contributed by atoms with E-state index in [1.54, 1.807) is 23.1 Å². The molecule has 2 heterocycles. The van der Waals surface area contributed by atoms with Gasteiger partial charge in [0.1, 0.15) is 5.75 Å². The second-order valence-electron chi connectivity index (χ2n) is 10.2. The third-order valence-corrected chi connectivity index (χ3v) is 7.55. The minimum atomic E-state index is -4.62. The van der Waals surface area contributed by atoms with Crippen molar-refractivity contribution < 1.29 is 27.8 Å². The maximum atomic E-state index is 13.5. The van der Waals surface area contributed by atoms with Crippen molar-refractivity contribution in [2.75, 3.05) is 45.8 Å². The van der Waals surface area contributed by atoms with Crippen LogP contribution in [0.4, 0.5) is 13.2 Å². The lowest BCUT2D eigenvalue weighted by molar-refractivity contribution is -0.137. The molecule has 1 N–H and O–H groups in total. The predicted molar refractivity (Wildman–Crippen MR) is 155 cm³/mol. The number of nitrogens with zero attached hydrogens (tertiary/aromatic N) is 3. The van der Waals surface area contributed by atoms with Gasteiger partial charge in [0.2, 0.25) is 0 Å². The zero-order chi connectivity index (χ0) is 27.6. The van der Waals surface area contributed by atoms with Gasteiger partial charge >= 0.3 is 6.18 Å². The van der Waals surface area contributed by atoms with E-state index in [9.17, 15) is 23.1 Å². The molecule has 2 fully saturated rings. The predicted octanol–water partition coefficient (Wildman–Crippen LogP) is 6.04. The highest BCUT2D eigenvalue weighted by atomic mass is 35.5. The van der Waals surface area contributed by atoms with Gasteiger partial charge in [-0.1, -0.05) is 29.3 Å². The van der Waals surface area contributed by atoms with E-state index < -0.39 is 17.6 Å². The van der Waals surface area contributed by atoms with Crippen LogP contribution >= 0.6 is 48.0 Å². The quantitative estimate of drug-likeness (QED) is 0.415. The number of rotatable bonds is 6. The van der Waals surface area contributed by atoms with Gasteiger partial charge in [0.05, 0.1) is 22.8 Å². The first-order chi connectivity index (χ1) is 17.9. The average molecular weight is 647 g/mol. The van der Waals surface area contributed by atoms with Crippen molar-refractivity contribution in [1.82, 2.24) is 14.7 Å². The Labute approximate surface area is 255 Å². The third kappa shape index (κ3) is 9.02. The molecule has 224 valence electrons. The van der Waals surface area contributed by atoms with Crippen LogP contribution in [0.2, 0.25) is 10.0 Å². The van der Waals surface area contributed by atoms with Crippen molar-refractivity contribution in [1.29, 1.82) is 0 Å². The number of carbonyl (C=O) groups excluding carboxylic acids is 1. The Morgan fingerprint density at radius 3 is 2.25 bits per heavy atom. The molecule has 2 aliphatic heterocycles. The maximum absolute atomic E-state index is 13.5. The first kappa shape index (κ1) is 34.7. The van der Waals surface area contributed by atoms with Crippen LogP contribution in [0.5, 0.6) is 5.75 Å². The van der Waals surface area contributed by atoms with Gasteiger partial charge in [-0.3, -0.25) is 14.6 Å². The molecular formula is C27H34Cl4F3N3O3. The number of carbonyl (C=O) groups is 1. The van der Waals surface area contributed by atoms with Crippen LogP contribution in [0.15, 0.2) is 36.4 Å². The van der Waals surface area contributed by atoms with Gasteiger partial charge < -0.3 is 14.7 Å². The lowest BCUT2D eigenvalue weighted by atomic mass is 10.00. The van der Waals surface area contributed by atoms with Crippen LogP contribution in [0.3, 0.4) is 0 Å². The number of phenolic OH excluding ortho intramolecular Hbond substituents is 1. The number of hydrogen-bond acceptors (Lipinski definition) is 5. The molecule has 0 unspecified atom stereocenters. The maximum Gasteiger partial charge on any atom is 0.416 e. The summed E-state index contributed by atoms with van der Waals surface area (Å²) in [5.74, 6) is -0.563. The highest BCUT2D eigenvalue weighted by molar-refractivity contribution is 6.32. The summed E-state index contributed by atoms with van der Waals surface area (Å²) in [6, 6.07) is 7.55. The van der Waals surface area contributed by atoms with E-state index in [-0.39, 0.29) is 64.4 Å². The number of piperazine rings is 1. The number of phenols is 1. The normalized spacial score (nSPS) is 22.4. The number of amides is 1. The van der Waals surface area contributed by atoms with Crippen LogP contribution in [0.1, 0.15) is 35.3 Å². The summed E-state index contributed by atoms with van der Waals surface area (Å²) in [5, 5.41) is 10.2. The molecule has 0 aromatic heterocycles. The molecule has 2 aliphatic rings. The molecule has 0 aliphatic carbocycles. The van der Waals surface area contributed by atoms with Crippen molar-refractivity contribution in [3.05, 3.63) is 63.1 Å². The monoisotopic (exact) mass is 645 g/mol. The van der Waals surface area contributed by atoms with E-state index in [2.05, 4.69) is 23.6 Å². The summed E-state index contributed by atoms with van der Waals surface area (Å²) in [5.41, 5.74) is -0.284. The number of ether oxygens (including phenoxy) is 1. The van der Waals surface area contributed by atoms with Gasteiger partial charge in [-0.05, 0) is 56.2 Å². The molecule has 40 heavy (non-hydrogen) atoms. The summed E-state index contributed by atoms with van der Waals surface area (Å²) in [4.78, 5) is 19.8. The Morgan fingerprint density at radius 2 is 1.62 bits per heavy atom. The smallest absolute Gasteiger partial charge is 0.416 e. The molecule has 6 nitrogen and oxygen atoms in total. The Bertz CT molecular complexity index is 1150. The summed E-state index contributed by atoms with van der Waals surface area (Å²) in [7, 11) is 0. The highest BCUT2D eigenvalue weighted by Gasteiger charge is 2.35. The summed E-state index contributed by atoms with van der Waals surface area (Å²) in [6.07, 6.45) is -3.88. The van der Waals surface area contributed by atoms with Gasteiger partial charge in [-0.25, -0.2) is 0 Å². The van der Waals surface area contributed by atoms with Crippen molar-refractivity contribution in [2.24, 2.45) is 0 Å². The first-order valence-electron chi connectivity index (χ1n) is 12.7. The van der Waals surface area contributed by atoms with Crippen molar-refractivity contribution in [3.8, 4) is 5.75 Å². The van der Waals surface area contributed by atoms with Crippen molar-refractivity contribution >= 4 is 53.9 Å². The SMILES string of the molecule is C[C@@H]1CN(CCN2CCN(C(=O)c3cc(Cl)cc(C(F)(F)F)c3)[C@H](Cc3ccc(Cl)c(O)c3)C2)C[C@H](C)O1.Cl.Cl. The number of morpholine rings is 1. The number of aromatic hydroxyl groups is 1. The zero-order valence-corrected chi connectivity index (χ0v) is 25.3. The fraction of sp³-hybridized carbons (Fsp3) is 0.519. The van der Waals surface area contributed by atoms with E-state index in [4.69, 9.17) is 27.9 Å². The third-order valence-electron chi connectivity index (χ3n) is 7.01. The topological polar surface area (TPSA) is 56.2 Å². The van der Waals surface area contributed by atoms with E-state index in [1.807, 2.05) is 0 Å². The number of benzene rings is 2. The zero-order valence-electron chi connectivity index (χ0n) is 22.2. The fourth-order valence-corrected chi connectivity index (χ4v) is 5.67. The van der Waals surface area contributed by atoms with Gasteiger partial charge in [-0.2, -0.15) is 13.2 Å². The Kier molecular flexibility index (Phi) is 12.7. The van der Waals surface area contributed by atoms with Gasteiger partial charge in [0.15, 0.2) is 0 Å². The fourth-order valence-electron chi connectivity index (χ4n) is 5.31. The van der Waals surface area contributed by atoms with Crippen LogP contribution < -0.4 is 0 Å². The minimum absolute atomic E-state index is 0. The molecule has 1 amide bonds. The van der Waals surface area contributed by atoms with Gasteiger partial charge in [-0.15, -0.1) is 24.8 Å². The van der Waals surface area contributed by atoms with E-state index in [0.717, 1.165) is 43.9 Å². The Balaban J connectivity index is 0.00000280. The number of hydrogen-bond donors (Lipinski definition) is 1. The molecule has 13 heteroatoms. The second-order valence-corrected chi connectivity index (χ2v) is 11.0. The van der Waals surface area contributed by atoms with Crippen LogP contribution in [-0.4, -0.2) is 89.8 Å². The largest absolute Gasteiger partial charge is 0.506 e. The summed E-state index contributed by atoms with van der Waals surface area (Å²) >= 11 is 11.9. The lowest BCUT2D eigenvalue weighted by Gasteiger charge is -2.43. The lowest BCUT2D eigenvalue weighted by Crippen LogP contribution is -2.57. The standard InChI is InChI=1S/C27H32Cl2F3N3O3.2ClH/c1-17-14-34(15-18(2)38-17)6-5-33-7-8-35(23(16-33)9-19-3-4-24(29)25(36)10-19)26(37)20-11-21(27(30,31)32)13-22(28)12-20;;/h3-4,10-13,17-18,23,36H,5-9,14-16H2,1-2H3;2*1H/t17-,18+,23-;;/m1../s1. The van der Waals surface area contributed by atoms with Crippen LogP contribution in [-0.2, 0) is 17.3 Å². The molecule has 0 spiro atoms. The molecule has 0 saturated carbocycles. The molecule has 4 rings (SSSR count). The molecule has 0 bridgehead atoms. The Hall–Kier alpha value is -1.46. The molecule has 2 aromatic carbocycles. The molecule has 2 saturated heterocycles. The molecule has 3 atom stereocenters. The minimum Gasteiger partial charge on any atom is -0.506 e. The molecule has 0 radical (unpaired) electrons. The van der Waals surface area contributed by atoms with Gasteiger partial charge in [0, 0.05) is 62.4 Å². The average Bonchev–Trinajstić information content (AvgIpc) is 2.83. The van der Waals surface area contributed by atoms with Gasteiger partial charge in [0.25, 0.3) is 5.91 Å². The summed E-state index contributed by atoms with van der Waals surface area (Å²) < 4.78 is 46.0. The molecular weight excluding hydrogens is 613 g/mol. The number of halogens is 7. The van der Waals surface area contributed by atoms with E-state index in [1.165, 1.54) is 6.07 Å². The van der Waals surface area contributed by atoms with Crippen molar-refractivity contribution in [3.63, 3.8) is 0 Å². The van der Waals surface area contributed by atoms with E-state index in [0.29, 0.717) is 26.1 Å². The second kappa shape index (κ2) is 14.6. The molecule has 2 aromatic rings.